The van der Waals surface area contributed by atoms with Crippen molar-refractivity contribution in [1.29, 1.82) is 5.26 Å². The van der Waals surface area contributed by atoms with Crippen molar-refractivity contribution in [3.8, 4) is 6.07 Å². The summed E-state index contributed by atoms with van der Waals surface area (Å²) >= 11 is 7.21. The van der Waals surface area contributed by atoms with Gasteiger partial charge in [-0.05, 0) is 37.1 Å². The van der Waals surface area contributed by atoms with Gasteiger partial charge in [-0.25, -0.2) is 0 Å². The van der Waals surface area contributed by atoms with Crippen LogP contribution in [-0.4, -0.2) is 17.2 Å². The number of halogens is 1. The Hall–Kier alpha value is -1.18. The summed E-state index contributed by atoms with van der Waals surface area (Å²) in [5.74, 6) is 0.200. The zero-order valence-electron chi connectivity index (χ0n) is 11.2. The lowest BCUT2D eigenvalue weighted by Crippen LogP contribution is -2.49. The number of nitrogens with one attached hydrogen (secondary N) is 1. The van der Waals surface area contributed by atoms with E-state index >= 15 is 0 Å². The van der Waals surface area contributed by atoms with Gasteiger partial charge in [0.2, 0.25) is 5.91 Å². The third-order valence-electron chi connectivity index (χ3n) is 2.97. The first kappa shape index (κ1) is 15.9. The van der Waals surface area contributed by atoms with Gasteiger partial charge < -0.3 is 5.32 Å². The molecule has 0 spiro atoms. The Morgan fingerprint density at radius 2 is 2.05 bits per heavy atom. The molecule has 5 heteroatoms. The van der Waals surface area contributed by atoms with Crippen LogP contribution in [0.4, 0.5) is 0 Å². The Bertz CT molecular complexity index is 481. The number of carbonyl (C=O) groups excluding carboxylic acids is 1. The van der Waals surface area contributed by atoms with Gasteiger partial charge in [0.15, 0.2) is 0 Å². The minimum absolute atomic E-state index is 0.0574. The minimum Gasteiger partial charge on any atom is -0.337 e. The van der Waals surface area contributed by atoms with Crippen LogP contribution in [-0.2, 0) is 4.79 Å². The molecule has 1 N–H and O–H groups in total. The van der Waals surface area contributed by atoms with Crippen molar-refractivity contribution >= 4 is 29.3 Å². The molecule has 0 aliphatic heterocycles. The number of nitriles is 1. The van der Waals surface area contributed by atoms with Crippen molar-refractivity contribution in [3.63, 3.8) is 0 Å². The molecule has 1 aromatic rings. The smallest absolute Gasteiger partial charge is 0.231 e. The van der Waals surface area contributed by atoms with Crippen molar-refractivity contribution in [2.45, 2.75) is 31.2 Å². The summed E-state index contributed by atoms with van der Waals surface area (Å²) in [6, 6.07) is 9.46. The molecule has 0 aliphatic rings. The second kappa shape index (κ2) is 6.83. The topological polar surface area (TPSA) is 52.9 Å². The lowest BCUT2D eigenvalue weighted by atomic mass is 9.90. The van der Waals surface area contributed by atoms with Crippen LogP contribution in [0.3, 0.4) is 0 Å². The van der Waals surface area contributed by atoms with Crippen molar-refractivity contribution < 1.29 is 4.79 Å². The van der Waals surface area contributed by atoms with Crippen LogP contribution in [0.2, 0.25) is 5.02 Å². The van der Waals surface area contributed by atoms with Gasteiger partial charge >= 0.3 is 0 Å². The van der Waals surface area contributed by atoms with Gasteiger partial charge in [-0.1, -0.05) is 25.4 Å². The van der Waals surface area contributed by atoms with Crippen molar-refractivity contribution in [3.05, 3.63) is 29.3 Å². The van der Waals surface area contributed by atoms with E-state index in [1.807, 2.05) is 26.0 Å². The maximum Gasteiger partial charge on any atom is 0.231 e. The molecule has 0 heterocycles. The molecule has 102 valence electrons. The number of rotatable bonds is 5. The first-order valence-electron chi connectivity index (χ1n) is 5.98. The molecule has 19 heavy (non-hydrogen) atoms. The zero-order chi connectivity index (χ0) is 14.5. The molecule has 1 amide bonds. The summed E-state index contributed by atoms with van der Waals surface area (Å²) in [5, 5.41) is 12.6. The average Bonchev–Trinajstić information content (AvgIpc) is 2.37. The van der Waals surface area contributed by atoms with Gasteiger partial charge in [-0.3, -0.25) is 4.79 Å². The van der Waals surface area contributed by atoms with E-state index in [0.717, 1.165) is 4.90 Å². The Balaban J connectivity index is 2.53. The van der Waals surface area contributed by atoms with Gasteiger partial charge in [0, 0.05) is 9.92 Å². The van der Waals surface area contributed by atoms with Gasteiger partial charge in [0.05, 0.1) is 11.8 Å². The SMILES string of the molecule is CC(C)[C@@](C)(C#N)NC(=O)CSc1ccc(Cl)cc1. The van der Waals surface area contributed by atoms with E-state index < -0.39 is 5.54 Å². The van der Waals surface area contributed by atoms with E-state index in [0.29, 0.717) is 5.02 Å². The molecular weight excluding hydrogens is 280 g/mol. The first-order chi connectivity index (χ1) is 8.87. The molecule has 0 aliphatic carbocycles. The van der Waals surface area contributed by atoms with Crippen molar-refractivity contribution in [1.82, 2.24) is 5.32 Å². The van der Waals surface area contributed by atoms with Crippen LogP contribution in [0.1, 0.15) is 20.8 Å². The van der Waals surface area contributed by atoms with Crippen LogP contribution in [0, 0.1) is 17.2 Å². The summed E-state index contributed by atoms with van der Waals surface area (Å²) in [4.78, 5) is 12.8. The molecule has 1 aromatic carbocycles. The van der Waals surface area contributed by atoms with E-state index in [4.69, 9.17) is 16.9 Å². The van der Waals surface area contributed by atoms with Gasteiger partial charge in [-0.2, -0.15) is 5.26 Å². The molecule has 1 atom stereocenters. The van der Waals surface area contributed by atoms with Crippen molar-refractivity contribution in [2.75, 3.05) is 5.75 Å². The number of carbonyl (C=O) groups is 1. The largest absolute Gasteiger partial charge is 0.337 e. The lowest BCUT2D eigenvalue weighted by molar-refractivity contribution is -0.120. The Morgan fingerprint density at radius 1 is 1.47 bits per heavy atom. The maximum absolute atomic E-state index is 11.9. The molecule has 0 saturated carbocycles. The van der Waals surface area contributed by atoms with Crippen molar-refractivity contribution in [2.24, 2.45) is 5.92 Å². The van der Waals surface area contributed by atoms with Crippen LogP contribution in [0.15, 0.2) is 29.2 Å². The Kier molecular flexibility index (Phi) is 5.71. The summed E-state index contributed by atoms with van der Waals surface area (Å²) < 4.78 is 0. The van der Waals surface area contributed by atoms with Gasteiger partial charge in [0.25, 0.3) is 0 Å². The quantitative estimate of drug-likeness (QED) is 0.846. The first-order valence-corrected chi connectivity index (χ1v) is 7.34. The van der Waals surface area contributed by atoms with Crippen LogP contribution < -0.4 is 5.32 Å². The Morgan fingerprint density at radius 3 is 2.53 bits per heavy atom. The molecule has 1 rings (SSSR count). The summed E-state index contributed by atoms with van der Waals surface area (Å²) in [6.07, 6.45) is 0. The highest BCUT2D eigenvalue weighted by molar-refractivity contribution is 8.00. The summed E-state index contributed by atoms with van der Waals surface area (Å²) in [6.45, 7) is 5.56. The van der Waals surface area contributed by atoms with E-state index in [9.17, 15) is 4.79 Å². The molecule has 0 saturated heterocycles. The third-order valence-corrected chi connectivity index (χ3v) is 4.23. The summed E-state index contributed by atoms with van der Waals surface area (Å²) in [7, 11) is 0. The number of benzene rings is 1. The molecular formula is C14H17ClN2OS. The molecule has 0 radical (unpaired) electrons. The second-order valence-electron chi connectivity index (χ2n) is 4.76. The highest BCUT2D eigenvalue weighted by Crippen LogP contribution is 2.21. The van der Waals surface area contributed by atoms with Crippen LogP contribution >= 0.6 is 23.4 Å². The predicted octanol–water partition coefficient (Wildman–Crippen LogP) is 3.49. The minimum atomic E-state index is -0.822. The average molecular weight is 297 g/mol. The fourth-order valence-electron chi connectivity index (χ4n) is 1.31. The van der Waals surface area contributed by atoms with E-state index in [2.05, 4.69) is 11.4 Å². The molecule has 3 nitrogen and oxygen atoms in total. The predicted molar refractivity (Wildman–Crippen MR) is 79.2 cm³/mol. The second-order valence-corrected chi connectivity index (χ2v) is 6.24. The highest BCUT2D eigenvalue weighted by atomic mass is 35.5. The number of thioether (sulfide) groups is 1. The lowest BCUT2D eigenvalue weighted by Gasteiger charge is -2.27. The van der Waals surface area contributed by atoms with Crippen LogP contribution in [0.25, 0.3) is 0 Å². The molecule has 0 fully saturated rings. The van der Waals surface area contributed by atoms with E-state index in [1.165, 1.54) is 11.8 Å². The number of amides is 1. The fraction of sp³-hybridized carbons (Fsp3) is 0.429. The highest BCUT2D eigenvalue weighted by Gasteiger charge is 2.29. The molecule has 0 aromatic heterocycles. The number of hydrogen-bond donors (Lipinski definition) is 1. The number of hydrogen-bond acceptors (Lipinski definition) is 3. The molecule has 0 bridgehead atoms. The zero-order valence-corrected chi connectivity index (χ0v) is 12.8. The van der Waals surface area contributed by atoms with E-state index in [1.54, 1.807) is 19.1 Å². The third kappa shape index (κ3) is 4.77. The fourth-order valence-corrected chi connectivity index (χ4v) is 2.13. The van der Waals surface area contributed by atoms with Crippen LogP contribution in [0.5, 0.6) is 0 Å². The Labute approximate surface area is 123 Å². The van der Waals surface area contributed by atoms with E-state index in [-0.39, 0.29) is 17.6 Å². The summed E-state index contributed by atoms with van der Waals surface area (Å²) in [5.41, 5.74) is -0.822. The number of nitrogens with zero attached hydrogens (tertiary/aromatic N) is 1. The van der Waals surface area contributed by atoms with Gasteiger partial charge in [0.1, 0.15) is 5.54 Å². The maximum atomic E-state index is 11.9. The normalized spacial score (nSPS) is 13.7. The molecule has 0 unspecified atom stereocenters. The van der Waals surface area contributed by atoms with Gasteiger partial charge in [-0.15, -0.1) is 11.8 Å². The monoisotopic (exact) mass is 296 g/mol. The standard InChI is InChI=1S/C14H17ClN2OS/c1-10(2)14(3,9-16)17-13(18)8-19-12-6-4-11(15)5-7-12/h4-7,10H,8H2,1-3H3,(H,17,18)/t14-/m1/s1.